The van der Waals surface area contributed by atoms with Gasteiger partial charge in [-0.1, -0.05) is 69.2 Å². The lowest BCUT2D eigenvalue weighted by atomic mass is 9.97. The van der Waals surface area contributed by atoms with Gasteiger partial charge in [-0.05, 0) is 81.0 Å². The first-order chi connectivity index (χ1) is 37.2. The van der Waals surface area contributed by atoms with Crippen LogP contribution < -0.4 is 92.5 Å². The normalized spacial score (nSPS) is 14.6. The summed E-state index contributed by atoms with van der Waals surface area (Å²) in [6, 6.07) is -11.4. The van der Waals surface area contributed by atoms with Crippen molar-refractivity contribution in [2.75, 3.05) is 26.2 Å². The molecule has 0 aliphatic rings. The van der Waals surface area contributed by atoms with Gasteiger partial charge in [-0.15, -0.1) is 0 Å². The number of nitrogens with one attached hydrogen (secondary N) is 16. The second-order valence-corrected chi connectivity index (χ2v) is 21.2. The molecule has 0 aromatic heterocycles. The van der Waals surface area contributed by atoms with Gasteiger partial charge in [0.1, 0.15) is 48.3 Å². The van der Waals surface area contributed by atoms with E-state index in [2.05, 4.69) is 63.8 Å². The Morgan fingerprint density at radius 1 is 0.338 bits per heavy atom. The lowest BCUT2D eigenvalue weighted by molar-refractivity contribution is -0.143. The summed E-state index contributed by atoms with van der Waals surface area (Å²) < 4.78 is 0. The first-order valence-electron chi connectivity index (χ1n) is 26.9. The third-order valence-corrected chi connectivity index (χ3v) is 12.4. The van der Waals surface area contributed by atoms with Crippen LogP contribution in [-0.2, 0) is 43.2 Å². The Hall–Kier alpha value is -7.73. The number of carboxylic acid groups (broad SMARTS) is 1. The fourth-order valence-electron chi connectivity index (χ4n) is 7.77. The molecule has 9 atom stereocenters. The number of nitrogens with two attached hydrogens (primary N) is 5. The number of hydrogen-bond acceptors (Lipinski definition) is 14. The van der Waals surface area contributed by atoms with Gasteiger partial charge in [-0.3, -0.25) is 60.0 Å². The zero-order chi connectivity index (χ0) is 61.6. The van der Waals surface area contributed by atoms with Gasteiger partial charge in [0.25, 0.3) is 0 Å². The summed E-state index contributed by atoms with van der Waals surface area (Å²) in [6.07, 6.45) is 0.983. The molecule has 8 amide bonds. The Morgan fingerprint density at radius 3 is 0.812 bits per heavy atom. The number of amides is 8. The van der Waals surface area contributed by atoms with Crippen LogP contribution in [0.3, 0.4) is 0 Å². The van der Waals surface area contributed by atoms with E-state index in [1.165, 1.54) is 0 Å². The van der Waals surface area contributed by atoms with E-state index in [1.54, 1.807) is 69.2 Å². The van der Waals surface area contributed by atoms with E-state index < -0.39 is 137 Å². The van der Waals surface area contributed by atoms with Crippen molar-refractivity contribution in [2.24, 2.45) is 58.3 Å². The quantitative estimate of drug-likeness (QED) is 0.0158. The molecule has 0 radical (unpaired) electrons. The number of hydrogen-bond donors (Lipinski definition) is 22. The molecule has 31 nitrogen and oxygen atoms in total. The van der Waals surface area contributed by atoms with Gasteiger partial charge < -0.3 is 97.6 Å². The summed E-state index contributed by atoms with van der Waals surface area (Å²) in [5.74, 6) is -11.6. The molecule has 0 spiro atoms. The van der Waals surface area contributed by atoms with Gasteiger partial charge in [0.15, 0.2) is 23.8 Å². The lowest BCUT2D eigenvalue weighted by Gasteiger charge is -2.31. The van der Waals surface area contributed by atoms with Crippen LogP contribution in [0.25, 0.3) is 0 Å². The second-order valence-electron chi connectivity index (χ2n) is 21.2. The standard InChI is InChI=1S/C49H95N21O10/c1-23(2)32(41(75)64-29(16-12-20-60-47(53)54)38(72)63-30(17-13-21-61-48(55)56)40(74)70-36(27(9)10)45(79)80)69-44(78)35(26(7)8)67-39(73)31(18-14-22-62-49(57)58)65-42(76)33(24(3)4)68-43(77)34(25(5)6)66-37(71)28(50)15-11-19-59-46(51)52/h23-36H,11-22,50H2,1-10H3,(H,63,72)(H,64,75)(H,65,76)(H,66,71)(H,67,73)(H,68,77)(H,69,78)(H,70,74)(H,79,80)(H4,51,52,59)(H4,53,54,60)(H4,55,56,61)(H4,57,58,62)/t28-,29-,30-,31-,32-,33-,34-,35-,36-/m0/s1. The average molecular weight is 1140 g/mol. The molecule has 456 valence electrons. The van der Waals surface area contributed by atoms with E-state index in [4.69, 9.17) is 50.3 Å². The fourth-order valence-corrected chi connectivity index (χ4v) is 7.77. The van der Waals surface area contributed by atoms with E-state index in [0.29, 0.717) is 13.0 Å². The number of aliphatic carboxylic acids is 1. The molecular formula is C49H95N21O10. The predicted molar refractivity (Wildman–Crippen MR) is 302 cm³/mol. The number of guanidine groups is 4. The summed E-state index contributed by atoms with van der Waals surface area (Å²) in [5.41, 5.74) is 27.7. The maximum Gasteiger partial charge on any atom is 0.326 e. The van der Waals surface area contributed by atoms with E-state index in [1.807, 2.05) is 0 Å². The average Bonchev–Trinajstić information content (AvgIpc) is 3.34. The molecule has 0 bridgehead atoms. The van der Waals surface area contributed by atoms with Crippen LogP contribution in [-0.4, -0.2) is 163 Å². The highest BCUT2D eigenvalue weighted by Crippen LogP contribution is 2.13. The molecule has 0 unspecified atom stereocenters. The van der Waals surface area contributed by atoms with Crippen molar-refractivity contribution in [2.45, 2.75) is 175 Å². The van der Waals surface area contributed by atoms with Gasteiger partial charge >= 0.3 is 5.97 Å². The maximum atomic E-state index is 14.3. The lowest BCUT2D eigenvalue weighted by Crippen LogP contribution is -2.62. The molecule has 0 aliphatic carbocycles. The highest BCUT2D eigenvalue weighted by molar-refractivity contribution is 5.98. The molecule has 0 heterocycles. The van der Waals surface area contributed by atoms with E-state index in [9.17, 15) is 48.3 Å². The van der Waals surface area contributed by atoms with Crippen LogP contribution in [0.15, 0.2) is 0 Å². The molecule has 80 heavy (non-hydrogen) atoms. The van der Waals surface area contributed by atoms with E-state index in [-0.39, 0.29) is 88.4 Å². The first-order valence-corrected chi connectivity index (χ1v) is 26.9. The van der Waals surface area contributed by atoms with E-state index in [0.717, 1.165) is 0 Å². The molecule has 27 N–H and O–H groups in total. The maximum absolute atomic E-state index is 14.3. The summed E-state index contributed by atoms with van der Waals surface area (Å²) in [7, 11) is 0. The van der Waals surface area contributed by atoms with Crippen molar-refractivity contribution in [1.29, 1.82) is 21.6 Å². The third kappa shape index (κ3) is 28.8. The smallest absolute Gasteiger partial charge is 0.326 e. The van der Waals surface area contributed by atoms with Crippen LogP contribution in [0.4, 0.5) is 0 Å². The summed E-state index contributed by atoms with van der Waals surface area (Å²) in [6.45, 7) is 17.0. The van der Waals surface area contributed by atoms with Gasteiger partial charge in [0.2, 0.25) is 47.3 Å². The van der Waals surface area contributed by atoms with Crippen molar-refractivity contribution >= 4 is 77.1 Å². The number of carbonyl (C=O) groups is 9. The minimum atomic E-state index is -1.37. The van der Waals surface area contributed by atoms with E-state index >= 15 is 0 Å². The Bertz CT molecular complexity index is 2110. The summed E-state index contributed by atoms with van der Waals surface area (Å²) >= 11 is 0. The minimum absolute atomic E-state index is 0.0443. The Balaban J connectivity index is 6.75. The van der Waals surface area contributed by atoms with Crippen molar-refractivity contribution in [1.82, 2.24) is 63.8 Å². The predicted octanol–water partition coefficient (Wildman–Crippen LogP) is -4.39. The third-order valence-electron chi connectivity index (χ3n) is 12.4. The molecule has 31 heteroatoms. The Morgan fingerprint density at radius 2 is 0.550 bits per heavy atom. The van der Waals surface area contributed by atoms with Crippen molar-refractivity contribution in [3.63, 3.8) is 0 Å². The molecule has 0 aromatic carbocycles. The molecule has 0 saturated carbocycles. The number of carboxylic acids is 1. The Kier molecular flexibility index (Phi) is 33.6. The number of rotatable bonds is 38. The van der Waals surface area contributed by atoms with Crippen LogP contribution >= 0.6 is 0 Å². The Labute approximate surface area is 469 Å². The van der Waals surface area contributed by atoms with Crippen molar-refractivity contribution in [3.05, 3.63) is 0 Å². The monoisotopic (exact) mass is 1140 g/mol. The molecular weight excluding hydrogens is 1040 g/mol. The zero-order valence-electron chi connectivity index (χ0n) is 48.1. The van der Waals surface area contributed by atoms with Gasteiger partial charge in [-0.2, -0.15) is 0 Å². The molecule has 0 aromatic rings. The van der Waals surface area contributed by atoms with Crippen LogP contribution in [0.5, 0.6) is 0 Å². The van der Waals surface area contributed by atoms with Gasteiger partial charge in [0.05, 0.1) is 6.04 Å². The van der Waals surface area contributed by atoms with Crippen molar-refractivity contribution < 1.29 is 48.3 Å². The minimum Gasteiger partial charge on any atom is -0.480 e. The molecule has 0 fully saturated rings. The highest BCUT2D eigenvalue weighted by atomic mass is 16.4. The first kappa shape index (κ1) is 72.3. The molecule has 0 saturated heterocycles. The van der Waals surface area contributed by atoms with Crippen LogP contribution in [0.2, 0.25) is 0 Å². The topological polar surface area (TPSA) is 544 Å². The largest absolute Gasteiger partial charge is 0.480 e. The summed E-state index contributed by atoms with van der Waals surface area (Å²) in [5, 5.41) is 71.2. The van der Waals surface area contributed by atoms with Gasteiger partial charge in [-0.25, -0.2) is 4.79 Å². The molecule has 0 rings (SSSR count). The zero-order valence-corrected chi connectivity index (χ0v) is 48.1. The van der Waals surface area contributed by atoms with Gasteiger partial charge in [0, 0.05) is 26.2 Å². The summed E-state index contributed by atoms with van der Waals surface area (Å²) in [4.78, 5) is 123. The second kappa shape index (κ2) is 37.2. The fraction of sp³-hybridized carbons (Fsp3) is 0.735. The van der Waals surface area contributed by atoms with Crippen molar-refractivity contribution in [3.8, 4) is 0 Å². The SMILES string of the molecule is CC(C)[C@H](NC(=O)[C@H](CCCNC(=N)N)NC(=O)[C@H](CCCNC(=N)N)NC(=O)[C@@H](NC(=O)[C@@H](NC(=O)[C@H](CCCNC(=N)N)NC(=O)[C@@H](NC(=O)[C@@H](NC(=O)[C@@H](N)CCCNC(=N)N)C(C)C)C(C)C)C(C)C)C(C)C)C(=O)O. The van der Waals surface area contributed by atoms with Crippen LogP contribution in [0, 0.1) is 51.2 Å². The van der Waals surface area contributed by atoms with Crippen LogP contribution in [0.1, 0.15) is 121 Å². The highest BCUT2D eigenvalue weighted by Gasteiger charge is 2.37. The molecule has 0 aliphatic heterocycles. The number of carbonyl (C=O) groups excluding carboxylic acids is 8.